The zero-order valence-electron chi connectivity index (χ0n) is 10.7. The van der Waals surface area contributed by atoms with Crippen molar-refractivity contribution in [1.82, 2.24) is 10.1 Å². The monoisotopic (exact) mass is 243 g/mol. The summed E-state index contributed by atoms with van der Waals surface area (Å²) < 4.78 is 15.3. The summed E-state index contributed by atoms with van der Waals surface area (Å²) >= 11 is 0. The van der Waals surface area contributed by atoms with Gasteiger partial charge in [-0.15, -0.1) is 0 Å². The number of ether oxygens (including phenoxy) is 2. The number of methoxy groups -OCH3 is 1. The second kappa shape index (κ2) is 6.68. The average Bonchev–Trinajstić information content (AvgIpc) is 2.78. The smallest absolute Gasteiger partial charge is 0.246 e. The summed E-state index contributed by atoms with van der Waals surface area (Å²) in [5.74, 6) is 1.11. The highest BCUT2D eigenvalue weighted by atomic mass is 16.5. The van der Waals surface area contributed by atoms with Gasteiger partial charge in [-0.2, -0.15) is 4.98 Å². The van der Waals surface area contributed by atoms with Gasteiger partial charge in [0.25, 0.3) is 0 Å². The maximum absolute atomic E-state index is 6.00. The molecule has 0 aromatic carbocycles. The van der Waals surface area contributed by atoms with Crippen LogP contribution in [0.3, 0.4) is 0 Å². The van der Waals surface area contributed by atoms with Gasteiger partial charge in [0, 0.05) is 13.5 Å². The zero-order chi connectivity index (χ0) is 12.7. The Balaban J connectivity index is 2.36. The fourth-order valence-electron chi connectivity index (χ4n) is 1.15. The van der Waals surface area contributed by atoms with Crippen molar-refractivity contribution in [2.24, 2.45) is 5.73 Å². The predicted molar refractivity (Wildman–Crippen MR) is 62.5 cm³/mol. The molecule has 0 radical (unpaired) electrons. The largest absolute Gasteiger partial charge is 0.382 e. The van der Waals surface area contributed by atoms with E-state index in [1.165, 1.54) is 0 Å². The fraction of sp³-hybridized carbons (Fsp3) is 0.818. The Hall–Kier alpha value is -0.980. The van der Waals surface area contributed by atoms with Gasteiger partial charge in [-0.05, 0) is 13.3 Å². The molecule has 0 amide bonds. The number of rotatable bonds is 8. The molecule has 6 heteroatoms. The van der Waals surface area contributed by atoms with Crippen LogP contribution < -0.4 is 5.73 Å². The Labute approximate surface area is 101 Å². The van der Waals surface area contributed by atoms with E-state index >= 15 is 0 Å². The van der Waals surface area contributed by atoms with E-state index in [-0.39, 0.29) is 0 Å². The van der Waals surface area contributed by atoms with Gasteiger partial charge >= 0.3 is 0 Å². The highest BCUT2D eigenvalue weighted by molar-refractivity contribution is 4.99. The fourth-order valence-corrected chi connectivity index (χ4v) is 1.15. The minimum Gasteiger partial charge on any atom is -0.382 e. The van der Waals surface area contributed by atoms with E-state index in [1.807, 2.05) is 13.8 Å². The van der Waals surface area contributed by atoms with E-state index < -0.39 is 5.54 Å². The van der Waals surface area contributed by atoms with E-state index in [0.717, 1.165) is 6.42 Å². The van der Waals surface area contributed by atoms with Crippen LogP contribution in [0.25, 0.3) is 0 Å². The van der Waals surface area contributed by atoms with Gasteiger partial charge in [0.2, 0.25) is 5.89 Å². The molecule has 0 spiro atoms. The van der Waals surface area contributed by atoms with Gasteiger partial charge in [0.15, 0.2) is 5.82 Å². The van der Waals surface area contributed by atoms with Crippen LogP contribution in [0.15, 0.2) is 4.52 Å². The first kappa shape index (κ1) is 14.1. The second-order valence-corrected chi connectivity index (χ2v) is 4.14. The number of nitrogens with two attached hydrogens (primary N) is 1. The van der Waals surface area contributed by atoms with Gasteiger partial charge < -0.3 is 19.7 Å². The molecule has 98 valence electrons. The molecule has 6 nitrogen and oxygen atoms in total. The molecule has 1 unspecified atom stereocenters. The summed E-state index contributed by atoms with van der Waals surface area (Å²) in [5, 5.41) is 3.87. The van der Waals surface area contributed by atoms with Gasteiger partial charge in [-0.1, -0.05) is 12.1 Å². The summed E-state index contributed by atoms with van der Waals surface area (Å²) in [6, 6.07) is 0. The van der Waals surface area contributed by atoms with E-state index in [0.29, 0.717) is 38.0 Å². The maximum atomic E-state index is 6.00. The third-order valence-electron chi connectivity index (χ3n) is 2.59. The Morgan fingerprint density at radius 1 is 1.35 bits per heavy atom. The van der Waals surface area contributed by atoms with Crippen LogP contribution in [0.1, 0.15) is 32.0 Å². The molecule has 0 saturated heterocycles. The number of hydrogen-bond donors (Lipinski definition) is 1. The normalized spacial score (nSPS) is 14.8. The Morgan fingerprint density at radius 2 is 2.12 bits per heavy atom. The maximum Gasteiger partial charge on any atom is 0.246 e. The molecule has 1 aromatic rings. The van der Waals surface area contributed by atoms with Gasteiger partial charge in [0.1, 0.15) is 0 Å². The SMILES string of the molecule is CCC(C)(N)c1nc(CCOCCOC)no1. The standard InChI is InChI=1S/C11H21N3O3/c1-4-11(2,12)10-13-9(14-17-10)5-6-16-8-7-15-3/h4-8,12H2,1-3H3. The molecular formula is C11H21N3O3. The molecule has 0 bridgehead atoms. The van der Waals surface area contributed by atoms with Crippen LogP contribution in [0.2, 0.25) is 0 Å². The Kier molecular flexibility index (Phi) is 5.54. The highest BCUT2D eigenvalue weighted by Crippen LogP contribution is 2.18. The third-order valence-corrected chi connectivity index (χ3v) is 2.59. The summed E-state index contributed by atoms with van der Waals surface area (Å²) in [6.45, 7) is 5.58. The highest BCUT2D eigenvalue weighted by Gasteiger charge is 2.25. The van der Waals surface area contributed by atoms with Gasteiger partial charge in [0.05, 0.1) is 25.4 Å². The lowest BCUT2D eigenvalue weighted by atomic mass is 10.0. The number of hydrogen-bond acceptors (Lipinski definition) is 6. The first-order valence-electron chi connectivity index (χ1n) is 5.78. The van der Waals surface area contributed by atoms with Crippen molar-refractivity contribution in [3.05, 3.63) is 11.7 Å². The summed E-state index contributed by atoms with van der Waals surface area (Å²) in [7, 11) is 1.64. The average molecular weight is 243 g/mol. The summed E-state index contributed by atoms with van der Waals surface area (Å²) in [6.07, 6.45) is 1.37. The van der Waals surface area contributed by atoms with Crippen molar-refractivity contribution in [3.8, 4) is 0 Å². The van der Waals surface area contributed by atoms with Crippen molar-refractivity contribution in [1.29, 1.82) is 0 Å². The molecule has 17 heavy (non-hydrogen) atoms. The molecule has 0 saturated carbocycles. The molecule has 2 N–H and O–H groups in total. The van der Waals surface area contributed by atoms with E-state index in [2.05, 4.69) is 10.1 Å². The molecular weight excluding hydrogens is 222 g/mol. The van der Waals surface area contributed by atoms with Crippen LogP contribution in [-0.4, -0.2) is 37.1 Å². The summed E-state index contributed by atoms with van der Waals surface area (Å²) in [4.78, 5) is 4.26. The predicted octanol–water partition coefficient (Wildman–Crippen LogP) is 0.859. The van der Waals surface area contributed by atoms with Crippen LogP contribution in [0.5, 0.6) is 0 Å². The van der Waals surface area contributed by atoms with E-state index in [9.17, 15) is 0 Å². The summed E-state index contributed by atoms with van der Waals surface area (Å²) in [5.41, 5.74) is 5.45. The van der Waals surface area contributed by atoms with Crippen molar-refractivity contribution in [3.63, 3.8) is 0 Å². The number of aromatic nitrogens is 2. The number of nitrogens with zero attached hydrogens (tertiary/aromatic N) is 2. The van der Waals surface area contributed by atoms with Crippen molar-refractivity contribution < 1.29 is 14.0 Å². The van der Waals surface area contributed by atoms with Crippen molar-refractivity contribution >= 4 is 0 Å². The van der Waals surface area contributed by atoms with Crippen LogP contribution in [0, 0.1) is 0 Å². The molecule has 0 aliphatic rings. The van der Waals surface area contributed by atoms with Gasteiger partial charge in [-0.3, -0.25) is 0 Å². The van der Waals surface area contributed by atoms with Crippen molar-refractivity contribution in [2.45, 2.75) is 32.2 Å². The Morgan fingerprint density at radius 3 is 2.76 bits per heavy atom. The lowest BCUT2D eigenvalue weighted by Gasteiger charge is -2.16. The molecule has 0 aliphatic carbocycles. The lowest BCUT2D eigenvalue weighted by Crippen LogP contribution is -2.32. The van der Waals surface area contributed by atoms with Crippen LogP contribution in [-0.2, 0) is 21.4 Å². The molecule has 1 heterocycles. The Bertz CT molecular complexity index is 326. The van der Waals surface area contributed by atoms with Crippen LogP contribution in [0.4, 0.5) is 0 Å². The second-order valence-electron chi connectivity index (χ2n) is 4.14. The van der Waals surface area contributed by atoms with Crippen molar-refractivity contribution in [2.75, 3.05) is 26.9 Å². The first-order valence-corrected chi connectivity index (χ1v) is 5.78. The molecule has 1 aromatic heterocycles. The molecule has 1 rings (SSSR count). The third kappa shape index (κ3) is 4.41. The quantitative estimate of drug-likeness (QED) is 0.682. The van der Waals surface area contributed by atoms with Crippen LogP contribution >= 0.6 is 0 Å². The van der Waals surface area contributed by atoms with Gasteiger partial charge in [-0.25, -0.2) is 0 Å². The first-order chi connectivity index (χ1) is 8.10. The minimum atomic E-state index is -0.553. The molecule has 0 fully saturated rings. The molecule has 0 aliphatic heterocycles. The topological polar surface area (TPSA) is 83.4 Å². The minimum absolute atomic E-state index is 0.479. The molecule has 1 atom stereocenters. The van der Waals surface area contributed by atoms with E-state index in [4.69, 9.17) is 19.7 Å². The zero-order valence-corrected chi connectivity index (χ0v) is 10.7. The lowest BCUT2D eigenvalue weighted by molar-refractivity contribution is 0.0714. The van der Waals surface area contributed by atoms with E-state index in [1.54, 1.807) is 7.11 Å².